The molecule has 0 aliphatic carbocycles. The van der Waals surface area contributed by atoms with Gasteiger partial charge in [-0.25, -0.2) is 0 Å². The number of anilines is 2. The third-order valence-corrected chi connectivity index (χ3v) is 4.84. The number of fused-ring (bicyclic) bond motifs is 1. The van der Waals surface area contributed by atoms with Crippen LogP contribution in [0.3, 0.4) is 0 Å². The Kier molecular flexibility index (Phi) is 3.63. The first kappa shape index (κ1) is 13.7. The Bertz CT molecular complexity index is 479. The highest BCUT2D eigenvalue weighted by molar-refractivity contribution is 5.66. The van der Waals surface area contributed by atoms with Crippen molar-refractivity contribution in [2.24, 2.45) is 7.05 Å². The van der Waals surface area contributed by atoms with Gasteiger partial charge < -0.3 is 11.1 Å². The number of aryl methyl sites for hydroxylation is 1. The Morgan fingerprint density at radius 3 is 2.75 bits per heavy atom. The molecule has 3 rings (SSSR count). The number of nitrogens with zero attached hydrogens (tertiary/aromatic N) is 3. The van der Waals surface area contributed by atoms with Crippen molar-refractivity contribution < 1.29 is 0 Å². The molecule has 5 nitrogen and oxygen atoms in total. The van der Waals surface area contributed by atoms with Crippen LogP contribution in [-0.2, 0) is 7.05 Å². The lowest BCUT2D eigenvalue weighted by Gasteiger charge is -2.32. The summed E-state index contributed by atoms with van der Waals surface area (Å²) in [6.07, 6.45) is 5.24. The van der Waals surface area contributed by atoms with Crippen molar-refractivity contribution in [3.05, 3.63) is 5.69 Å². The van der Waals surface area contributed by atoms with E-state index in [0.717, 1.165) is 17.2 Å². The maximum atomic E-state index is 6.29. The summed E-state index contributed by atoms with van der Waals surface area (Å²) in [5, 5.41) is 8.26. The summed E-state index contributed by atoms with van der Waals surface area (Å²) in [5.41, 5.74) is 8.13. The van der Waals surface area contributed by atoms with Crippen molar-refractivity contribution in [3.8, 4) is 0 Å². The maximum Gasteiger partial charge on any atom is 0.148 e. The zero-order valence-electron chi connectivity index (χ0n) is 12.9. The minimum absolute atomic E-state index is 0.367. The SMILES string of the molecule is CC(C)c1nn(C)c(NC2CCN3CCCCC23)c1N. The molecule has 0 saturated carbocycles. The normalized spacial score (nSPS) is 27.0. The van der Waals surface area contributed by atoms with E-state index >= 15 is 0 Å². The molecule has 2 fully saturated rings. The van der Waals surface area contributed by atoms with Crippen molar-refractivity contribution in [1.82, 2.24) is 14.7 Å². The maximum absolute atomic E-state index is 6.29. The van der Waals surface area contributed by atoms with Crippen molar-refractivity contribution >= 4 is 11.5 Å². The van der Waals surface area contributed by atoms with Crippen LogP contribution in [0, 0.1) is 0 Å². The number of nitrogens with one attached hydrogen (secondary N) is 1. The molecule has 3 N–H and O–H groups in total. The number of piperidine rings is 1. The Morgan fingerprint density at radius 2 is 2.05 bits per heavy atom. The fourth-order valence-corrected chi connectivity index (χ4v) is 3.75. The number of nitrogen functional groups attached to an aromatic ring is 1. The first-order valence-electron chi connectivity index (χ1n) is 7.91. The largest absolute Gasteiger partial charge is 0.394 e. The van der Waals surface area contributed by atoms with Crippen LogP contribution in [0.1, 0.15) is 51.1 Å². The molecule has 0 radical (unpaired) electrons. The summed E-state index contributed by atoms with van der Waals surface area (Å²) in [5.74, 6) is 1.37. The van der Waals surface area contributed by atoms with E-state index < -0.39 is 0 Å². The molecule has 20 heavy (non-hydrogen) atoms. The van der Waals surface area contributed by atoms with E-state index in [4.69, 9.17) is 5.73 Å². The van der Waals surface area contributed by atoms with Crippen molar-refractivity contribution in [2.45, 2.75) is 57.5 Å². The molecular formula is C15H27N5. The number of hydrogen-bond acceptors (Lipinski definition) is 4. The second-order valence-corrected chi connectivity index (χ2v) is 6.56. The van der Waals surface area contributed by atoms with Crippen molar-refractivity contribution in [1.29, 1.82) is 0 Å². The molecule has 0 aromatic carbocycles. The van der Waals surface area contributed by atoms with Gasteiger partial charge in [0.1, 0.15) is 5.82 Å². The molecule has 1 aromatic rings. The molecule has 2 unspecified atom stereocenters. The molecule has 2 atom stereocenters. The Labute approximate surface area is 121 Å². The van der Waals surface area contributed by atoms with Crippen LogP contribution in [0.25, 0.3) is 0 Å². The Balaban J connectivity index is 1.78. The summed E-state index contributed by atoms with van der Waals surface area (Å²) in [6.45, 7) is 6.76. The third kappa shape index (κ3) is 2.28. The van der Waals surface area contributed by atoms with Gasteiger partial charge in [-0.1, -0.05) is 20.3 Å². The van der Waals surface area contributed by atoms with Gasteiger partial charge in [-0.15, -0.1) is 0 Å². The quantitative estimate of drug-likeness (QED) is 0.889. The Hall–Kier alpha value is -1.23. The molecule has 0 spiro atoms. The van der Waals surface area contributed by atoms with E-state index in [1.54, 1.807) is 0 Å². The molecule has 0 amide bonds. The van der Waals surface area contributed by atoms with E-state index in [-0.39, 0.29) is 0 Å². The third-order valence-electron chi connectivity index (χ3n) is 4.84. The van der Waals surface area contributed by atoms with Gasteiger partial charge in [0, 0.05) is 25.7 Å². The van der Waals surface area contributed by atoms with Gasteiger partial charge in [-0.2, -0.15) is 5.10 Å². The fourth-order valence-electron chi connectivity index (χ4n) is 3.75. The molecule has 2 aliphatic rings. The monoisotopic (exact) mass is 277 g/mol. The van der Waals surface area contributed by atoms with Crippen LogP contribution in [0.2, 0.25) is 0 Å². The second kappa shape index (κ2) is 5.28. The van der Waals surface area contributed by atoms with Crippen LogP contribution < -0.4 is 11.1 Å². The fraction of sp³-hybridized carbons (Fsp3) is 0.800. The first-order valence-corrected chi connectivity index (χ1v) is 7.91. The van der Waals surface area contributed by atoms with E-state index in [1.165, 1.54) is 38.8 Å². The van der Waals surface area contributed by atoms with Crippen LogP contribution in [0.5, 0.6) is 0 Å². The lowest BCUT2D eigenvalue weighted by atomic mass is 9.99. The van der Waals surface area contributed by atoms with E-state index in [0.29, 0.717) is 18.0 Å². The summed E-state index contributed by atoms with van der Waals surface area (Å²) >= 11 is 0. The molecule has 0 bridgehead atoms. The number of nitrogens with two attached hydrogens (primary N) is 1. The molecule has 5 heteroatoms. The average molecular weight is 277 g/mol. The minimum Gasteiger partial charge on any atom is -0.394 e. The molecule has 1 aromatic heterocycles. The lowest BCUT2D eigenvalue weighted by molar-refractivity contribution is 0.192. The highest BCUT2D eigenvalue weighted by atomic mass is 15.3. The molecule has 2 saturated heterocycles. The highest BCUT2D eigenvalue weighted by Gasteiger charge is 2.36. The summed E-state index contributed by atoms with van der Waals surface area (Å²) in [7, 11) is 1.98. The van der Waals surface area contributed by atoms with Crippen LogP contribution in [0.15, 0.2) is 0 Å². The highest BCUT2D eigenvalue weighted by Crippen LogP contribution is 2.33. The molecule has 3 heterocycles. The van der Waals surface area contributed by atoms with Gasteiger partial charge in [0.15, 0.2) is 0 Å². The average Bonchev–Trinajstić information content (AvgIpc) is 2.95. The smallest absolute Gasteiger partial charge is 0.148 e. The predicted octanol–water partition coefficient (Wildman–Crippen LogP) is 2.16. The Morgan fingerprint density at radius 1 is 1.25 bits per heavy atom. The van der Waals surface area contributed by atoms with Gasteiger partial charge in [0.05, 0.1) is 11.4 Å². The topological polar surface area (TPSA) is 59.1 Å². The van der Waals surface area contributed by atoms with Gasteiger partial charge in [-0.3, -0.25) is 9.58 Å². The van der Waals surface area contributed by atoms with E-state index in [9.17, 15) is 0 Å². The lowest BCUT2D eigenvalue weighted by Crippen LogP contribution is -2.42. The molecular weight excluding hydrogens is 250 g/mol. The number of rotatable bonds is 3. The van der Waals surface area contributed by atoms with Gasteiger partial charge in [-0.05, 0) is 31.7 Å². The number of hydrogen-bond donors (Lipinski definition) is 2. The van der Waals surface area contributed by atoms with Gasteiger partial charge in [0.25, 0.3) is 0 Å². The van der Waals surface area contributed by atoms with E-state index in [1.807, 2.05) is 11.7 Å². The van der Waals surface area contributed by atoms with Crippen molar-refractivity contribution in [2.75, 3.05) is 24.1 Å². The van der Waals surface area contributed by atoms with Gasteiger partial charge >= 0.3 is 0 Å². The van der Waals surface area contributed by atoms with Crippen LogP contribution in [0.4, 0.5) is 11.5 Å². The van der Waals surface area contributed by atoms with Crippen LogP contribution >= 0.6 is 0 Å². The summed E-state index contributed by atoms with van der Waals surface area (Å²) < 4.78 is 1.91. The minimum atomic E-state index is 0.367. The second-order valence-electron chi connectivity index (χ2n) is 6.56. The number of aromatic nitrogens is 2. The van der Waals surface area contributed by atoms with Gasteiger partial charge in [0.2, 0.25) is 0 Å². The summed E-state index contributed by atoms with van der Waals surface area (Å²) in [6, 6.07) is 1.20. The zero-order chi connectivity index (χ0) is 14.3. The standard InChI is InChI=1S/C15H27N5/c1-10(2)14-13(16)15(19(3)18-14)17-11-7-9-20-8-5-4-6-12(11)20/h10-12,17H,4-9,16H2,1-3H3. The first-order chi connectivity index (χ1) is 9.58. The predicted molar refractivity (Wildman–Crippen MR) is 82.9 cm³/mol. The molecule has 2 aliphatic heterocycles. The van der Waals surface area contributed by atoms with E-state index in [2.05, 4.69) is 29.2 Å². The zero-order valence-corrected chi connectivity index (χ0v) is 12.9. The summed E-state index contributed by atoms with van der Waals surface area (Å²) in [4.78, 5) is 2.64. The van der Waals surface area contributed by atoms with Crippen LogP contribution in [-0.4, -0.2) is 39.9 Å². The molecule has 112 valence electrons. The van der Waals surface area contributed by atoms with Crippen molar-refractivity contribution in [3.63, 3.8) is 0 Å².